The van der Waals surface area contributed by atoms with Gasteiger partial charge in [-0.05, 0) is 31.9 Å². The molecule has 1 heterocycles. The molecule has 0 bridgehead atoms. The highest BCUT2D eigenvalue weighted by molar-refractivity contribution is 5.05. The number of nitrogens with one attached hydrogen (secondary N) is 1. The van der Waals surface area contributed by atoms with Gasteiger partial charge in [0.1, 0.15) is 5.76 Å². The first kappa shape index (κ1) is 14.6. The predicted molar refractivity (Wildman–Crippen MR) is 75.6 cm³/mol. The largest absolute Gasteiger partial charge is 0.469 e. The van der Waals surface area contributed by atoms with Crippen molar-refractivity contribution in [3.63, 3.8) is 0 Å². The Bertz CT molecular complexity index is 343. The first-order chi connectivity index (χ1) is 9.30. The standard InChI is InChI=1S/C15H26N2O2/c1-2-19-15(9-5-3-4-6-10-15)14(17-16)12-13-8-7-11-18-13/h7-8,11,14,17H,2-6,9-10,12,16H2,1H3. The van der Waals surface area contributed by atoms with Crippen molar-refractivity contribution in [3.8, 4) is 0 Å². The lowest BCUT2D eigenvalue weighted by atomic mass is 9.84. The van der Waals surface area contributed by atoms with E-state index in [4.69, 9.17) is 15.0 Å². The Labute approximate surface area is 115 Å². The van der Waals surface area contributed by atoms with Gasteiger partial charge in [-0.2, -0.15) is 0 Å². The SMILES string of the molecule is CCOC1(C(Cc2ccco2)NN)CCCCCC1. The van der Waals surface area contributed by atoms with E-state index in [0.717, 1.165) is 31.6 Å². The molecule has 0 spiro atoms. The fourth-order valence-corrected chi connectivity index (χ4v) is 3.23. The van der Waals surface area contributed by atoms with Crippen molar-refractivity contribution in [3.05, 3.63) is 24.2 Å². The quantitative estimate of drug-likeness (QED) is 0.472. The van der Waals surface area contributed by atoms with Gasteiger partial charge in [-0.3, -0.25) is 11.3 Å². The summed E-state index contributed by atoms with van der Waals surface area (Å²) in [6, 6.07) is 4.03. The molecule has 0 saturated heterocycles. The van der Waals surface area contributed by atoms with Crippen molar-refractivity contribution in [2.75, 3.05) is 6.61 Å². The van der Waals surface area contributed by atoms with Gasteiger partial charge in [-0.15, -0.1) is 0 Å². The van der Waals surface area contributed by atoms with Crippen molar-refractivity contribution in [1.29, 1.82) is 0 Å². The average molecular weight is 266 g/mol. The van der Waals surface area contributed by atoms with Crippen molar-refractivity contribution in [1.82, 2.24) is 5.43 Å². The Kier molecular flexibility index (Phi) is 5.43. The van der Waals surface area contributed by atoms with Crippen LogP contribution < -0.4 is 11.3 Å². The summed E-state index contributed by atoms with van der Waals surface area (Å²) in [5.41, 5.74) is 2.83. The van der Waals surface area contributed by atoms with E-state index in [2.05, 4.69) is 12.3 Å². The van der Waals surface area contributed by atoms with Crippen LogP contribution in [0, 0.1) is 0 Å². The summed E-state index contributed by atoms with van der Waals surface area (Å²) in [5.74, 6) is 6.78. The van der Waals surface area contributed by atoms with E-state index >= 15 is 0 Å². The first-order valence-electron chi connectivity index (χ1n) is 7.43. The molecule has 3 N–H and O–H groups in total. The monoisotopic (exact) mass is 266 g/mol. The summed E-state index contributed by atoms with van der Waals surface area (Å²) >= 11 is 0. The van der Waals surface area contributed by atoms with Crippen LogP contribution in [0.3, 0.4) is 0 Å². The second-order valence-corrected chi connectivity index (χ2v) is 5.41. The third-order valence-corrected chi connectivity index (χ3v) is 4.20. The van der Waals surface area contributed by atoms with Crippen LogP contribution >= 0.6 is 0 Å². The highest BCUT2D eigenvalue weighted by Gasteiger charge is 2.39. The molecule has 1 fully saturated rings. The number of hydrogen-bond acceptors (Lipinski definition) is 4. The van der Waals surface area contributed by atoms with Crippen LogP contribution in [-0.4, -0.2) is 18.2 Å². The third kappa shape index (κ3) is 3.59. The molecule has 0 aliphatic heterocycles. The van der Waals surface area contributed by atoms with Gasteiger partial charge in [0.15, 0.2) is 0 Å². The fraction of sp³-hybridized carbons (Fsp3) is 0.733. The normalized spacial score (nSPS) is 20.9. The van der Waals surface area contributed by atoms with Crippen LogP contribution in [0.15, 0.2) is 22.8 Å². The molecule has 4 heteroatoms. The van der Waals surface area contributed by atoms with E-state index in [1.807, 2.05) is 12.1 Å². The van der Waals surface area contributed by atoms with Crippen molar-refractivity contribution >= 4 is 0 Å². The lowest BCUT2D eigenvalue weighted by molar-refractivity contribution is -0.0776. The van der Waals surface area contributed by atoms with Crippen molar-refractivity contribution in [2.24, 2.45) is 5.84 Å². The highest BCUT2D eigenvalue weighted by atomic mass is 16.5. The van der Waals surface area contributed by atoms with E-state index in [1.165, 1.54) is 25.7 Å². The summed E-state index contributed by atoms with van der Waals surface area (Å²) in [7, 11) is 0. The van der Waals surface area contributed by atoms with Crippen LogP contribution in [0.5, 0.6) is 0 Å². The zero-order valence-corrected chi connectivity index (χ0v) is 11.9. The van der Waals surface area contributed by atoms with E-state index in [0.29, 0.717) is 0 Å². The first-order valence-corrected chi connectivity index (χ1v) is 7.43. The zero-order chi connectivity index (χ0) is 13.6. The van der Waals surface area contributed by atoms with Gasteiger partial charge in [0.05, 0.1) is 17.9 Å². The van der Waals surface area contributed by atoms with E-state index in [-0.39, 0.29) is 11.6 Å². The molecule has 108 valence electrons. The fourth-order valence-electron chi connectivity index (χ4n) is 3.23. The lowest BCUT2D eigenvalue weighted by Crippen LogP contribution is -2.56. The van der Waals surface area contributed by atoms with Crippen molar-refractivity contribution in [2.45, 2.75) is 63.5 Å². The minimum atomic E-state index is -0.146. The maximum Gasteiger partial charge on any atom is 0.105 e. The molecule has 1 aliphatic carbocycles. The average Bonchev–Trinajstić information content (AvgIpc) is 2.82. The van der Waals surface area contributed by atoms with Gasteiger partial charge in [0, 0.05) is 13.0 Å². The zero-order valence-electron chi connectivity index (χ0n) is 11.9. The second kappa shape index (κ2) is 7.08. The summed E-state index contributed by atoms with van der Waals surface area (Å²) in [4.78, 5) is 0. The molecular weight excluding hydrogens is 240 g/mol. The van der Waals surface area contributed by atoms with Crippen LogP contribution in [0.4, 0.5) is 0 Å². The minimum absolute atomic E-state index is 0.108. The molecule has 19 heavy (non-hydrogen) atoms. The molecular formula is C15H26N2O2. The molecule has 1 atom stereocenters. The van der Waals surface area contributed by atoms with Gasteiger partial charge in [-0.25, -0.2) is 0 Å². The molecule has 1 aromatic heterocycles. The molecule has 0 radical (unpaired) electrons. The number of rotatable bonds is 6. The summed E-state index contributed by atoms with van der Waals surface area (Å²) in [6.45, 7) is 2.80. The van der Waals surface area contributed by atoms with Gasteiger partial charge in [-0.1, -0.05) is 25.7 Å². The Morgan fingerprint density at radius 2 is 2.11 bits per heavy atom. The van der Waals surface area contributed by atoms with Gasteiger partial charge >= 0.3 is 0 Å². The smallest absolute Gasteiger partial charge is 0.105 e. The topological polar surface area (TPSA) is 60.4 Å². The van der Waals surface area contributed by atoms with E-state index < -0.39 is 0 Å². The van der Waals surface area contributed by atoms with Crippen LogP contribution in [-0.2, 0) is 11.2 Å². The van der Waals surface area contributed by atoms with Crippen LogP contribution in [0.1, 0.15) is 51.2 Å². The molecule has 1 saturated carbocycles. The Balaban J connectivity index is 2.13. The molecule has 0 amide bonds. The van der Waals surface area contributed by atoms with Crippen molar-refractivity contribution < 1.29 is 9.15 Å². The number of nitrogens with two attached hydrogens (primary N) is 1. The number of furan rings is 1. The minimum Gasteiger partial charge on any atom is -0.469 e. The maximum atomic E-state index is 6.17. The van der Waals surface area contributed by atoms with Crippen LogP contribution in [0.25, 0.3) is 0 Å². The Morgan fingerprint density at radius 3 is 2.63 bits per heavy atom. The summed E-state index contributed by atoms with van der Waals surface area (Å²) < 4.78 is 11.6. The highest BCUT2D eigenvalue weighted by Crippen LogP contribution is 2.34. The molecule has 1 aromatic rings. The predicted octanol–water partition coefficient (Wildman–Crippen LogP) is 2.78. The lowest BCUT2D eigenvalue weighted by Gasteiger charge is -2.39. The summed E-state index contributed by atoms with van der Waals surface area (Å²) in [6.07, 6.45) is 9.69. The molecule has 0 aromatic carbocycles. The number of ether oxygens (including phenoxy) is 1. The number of hydrogen-bond donors (Lipinski definition) is 2. The second-order valence-electron chi connectivity index (χ2n) is 5.41. The number of hydrazine groups is 1. The maximum absolute atomic E-state index is 6.17. The van der Waals surface area contributed by atoms with Gasteiger partial charge in [0.2, 0.25) is 0 Å². The molecule has 1 aliphatic rings. The van der Waals surface area contributed by atoms with Gasteiger partial charge in [0.25, 0.3) is 0 Å². The molecule has 4 nitrogen and oxygen atoms in total. The van der Waals surface area contributed by atoms with Crippen LogP contribution in [0.2, 0.25) is 0 Å². The van der Waals surface area contributed by atoms with E-state index in [9.17, 15) is 0 Å². The summed E-state index contributed by atoms with van der Waals surface area (Å²) in [5, 5.41) is 0. The Morgan fingerprint density at radius 1 is 1.37 bits per heavy atom. The third-order valence-electron chi connectivity index (χ3n) is 4.20. The van der Waals surface area contributed by atoms with Gasteiger partial charge < -0.3 is 9.15 Å². The Hall–Kier alpha value is -0.840. The molecule has 2 rings (SSSR count). The molecule has 1 unspecified atom stereocenters. The van der Waals surface area contributed by atoms with E-state index in [1.54, 1.807) is 6.26 Å².